The number of carbonyl (C=O) groups is 3. The summed E-state index contributed by atoms with van der Waals surface area (Å²) in [4.78, 5) is 48.7. The second-order valence-corrected chi connectivity index (χ2v) is 9.72. The van der Waals surface area contributed by atoms with E-state index in [1.54, 1.807) is 23.2 Å². The molecule has 3 aromatic rings. The van der Waals surface area contributed by atoms with Gasteiger partial charge in [0.15, 0.2) is 11.5 Å². The van der Waals surface area contributed by atoms with Crippen LogP contribution in [0.3, 0.4) is 0 Å². The molecule has 1 fully saturated rings. The number of carbonyl (C=O) groups excluding carboxylic acids is 3. The van der Waals surface area contributed by atoms with Gasteiger partial charge in [-0.3, -0.25) is 24.7 Å². The number of hydrogen-bond acceptors (Lipinski definition) is 7. The molecule has 1 N–H and O–H groups in total. The minimum absolute atomic E-state index is 0.0101. The number of nitrogens with one attached hydrogen (secondary N) is 1. The highest BCUT2D eigenvalue weighted by Gasteiger charge is 2.31. The van der Waals surface area contributed by atoms with E-state index in [2.05, 4.69) is 16.9 Å². The second-order valence-electron chi connectivity index (χ2n) is 9.72. The number of hydrogen-bond donors (Lipinski definition) is 1. The Balaban J connectivity index is 1.67. The lowest BCUT2D eigenvalue weighted by atomic mass is 10.1. The van der Waals surface area contributed by atoms with Crippen molar-refractivity contribution in [1.29, 1.82) is 0 Å². The molecule has 2 aliphatic rings. The minimum atomic E-state index is -0.324. The zero-order valence-electron chi connectivity index (χ0n) is 21.7. The quantitative estimate of drug-likeness (QED) is 0.497. The lowest BCUT2D eigenvalue weighted by Crippen LogP contribution is -2.34. The van der Waals surface area contributed by atoms with Gasteiger partial charge in [-0.25, -0.2) is 4.98 Å². The van der Waals surface area contributed by atoms with E-state index in [0.29, 0.717) is 65.9 Å². The van der Waals surface area contributed by atoms with Crippen LogP contribution in [-0.4, -0.2) is 63.3 Å². The summed E-state index contributed by atoms with van der Waals surface area (Å²) < 4.78 is 14.1. The lowest BCUT2D eigenvalue weighted by molar-refractivity contribution is -0.126. The van der Waals surface area contributed by atoms with E-state index in [1.807, 2.05) is 17.6 Å². The summed E-state index contributed by atoms with van der Waals surface area (Å²) in [6.07, 6.45) is 5.62. The Morgan fingerprint density at radius 2 is 1.97 bits per heavy atom. The van der Waals surface area contributed by atoms with Crippen LogP contribution < -0.4 is 14.8 Å². The number of ether oxygens (including phenoxy) is 2. The average molecular weight is 518 g/mol. The fraction of sp³-hybridized carbons (Fsp3) is 0.393. The summed E-state index contributed by atoms with van der Waals surface area (Å²) in [6, 6.07) is 5.00. The third kappa shape index (κ3) is 4.98. The van der Waals surface area contributed by atoms with Gasteiger partial charge in [0.05, 0.1) is 11.6 Å². The first-order valence-electron chi connectivity index (χ1n) is 12.8. The smallest absolute Gasteiger partial charge is 0.258 e. The molecular formula is C28H31N5O5. The molecule has 2 aromatic heterocycles. The Hall–Kier alpha value is -4.21. The molecule has 0 bridgehead atoms. The molecule has 2 aliphatic heterocycles. The molecule has 1 aromatic carbocycles. The molecule has 1 atom stereocenters. The number of Topliss-reactive ketones (excluding diaryl/α,β-unsaturated/α-hetero) is 1. The van der Waals surface area contributed by atoms with Crippen molar-refractivity contribution < 1.29 is 23.9 Å². The van der Waals surface area contributed by atoms with Crippen LogP contribution in [0.1, 0.15) is 53.8 Å². The lowest BCUT2D eigenvalue weighted by Gasteiger charge is -2.28. The van der Waals surface area contributed by atoms with Crippen LogP contribution in [0, 0.1) is 6.92 Å². The van der Waals surface area contributed by atoms with Crippen LogP contribution in [0.4, 0.5) is 5.95 Å². The number of aryl methyl sites for hydroxylation is 1. The fourth-order valence-electron chi connectivity index (χ4n) is 5.20. The Bertz CT molecular complexity index is 1430. The molecule has 0 unspecified atom stereocenters. The summed E-state index contributed by atoms with van der Waals surface area (Å²) in [6.45, 7) is 8.78. The van der Waals surface area contributed by atoms with Crippen LogP contribution in [0.2, 0.25) is 0 Å². The number of aromatic nitrogens is 3. The highest BCUT2D eigenvalue weighted by atomic mass is 16.6. The van der Waals surface area contributed by atoms with Crippen LogP contribution in [0.25, 0.3) is 11.0 Å². The number of pyridine rings is 1. The van der Waals surface area contributed by atoms with E-state index in [1.165, 1.54) is 13.0 Å². The molecule has 2 amide bonds. The maximum absolute atomic E-state index is 13.3. The predicted molar refractivity (Wildman–Crippen MR) is 142 cm³/mol. The van der Waals surface area contributed by atoms with Gasteiger partial charge in [-0.15, -0.1) is 0 Å². The molecular weight excluding hydrogens is 486 g/mol. The van der Waals surface area contributed by atoms with Gasteiger partial charge in [-0.05, 0) is 57.4 Å². The van der Waals surface area contributed by atoms with Gasteiger partial charge in [0, 0.05) is 42.5 Å². The summed E-state index contributed by atoms with van der Waals surface area (Å²) >= 11 is 0. The topological polar surface area (TPSA) is 116 Å². The van der Waals surface area contributed by atoms with Crippen LogP contribution in [0.5, 0.6) is 11.5 Å². The van der Waals surface area contributed by atoms with Crippen molar-refractivity contribution in [3.05, 3.63) is 53.9 Å². The Morgan fingerprint density at radius 1 is 1.18 bits per heavy atom. The fourth-order valence-corrected chi connectivity index (χ4v) is 5.20. The van der Waals surface area contributed by atoms with E-state index in [4.69, 9.17) is 14.5 Å². The predicted octanol–water partition coefficient (Wildman–Crippen LogP) is 3.63. The SMILES string of the molecule is C=CC(=O)N1CCCC[C@@H](n2c(NC(=O)c3ccnc(C)c3)nc3cc(CC(C)=O)c4c(c32)OCCO4)C1. The van der Waals surface area contributed by atoms with Gasteiger partial charge in [-0.2, -0.15) is 0 Å². The number of nitrogens with zero attached hydrogens (tertiary/aromatic N) is 4. The van der Waals surface area contributed by atoms with Crippen LogP contribution in [0.15, 0.2) is 37.1 Å². The number of imidazole rings is 1. The molecule has 0 spiro atoms. The summed E-state index contributed by atoms with van der Waals surface area (Å²) in [7, 11) is 0. The first-order valence-corrected chi connectivity index (χ1v) is 12.8. The minimum Gasteiger partial charge on any atom is -0.486 e. The molecule has 0 aliphatic carbocycles. The first kappa shape index (κ1) is 25.4. The monoisotopic (exact) mass is 517 g/mol. The largest absolute Gasteiger partial charge is 0.486 e. The van der Waals surface area contributed by atoms with Crippen molar-refractivity contribution in [3.8, 4) is 11.5 Å². The number of rotatable bonds is 6. The molecule has 1 saturated heterocycles. The summed E-state index contributed by atoms with van der Waals surface area (Å²) in [5.74, 6) is 0.899. The summed E-state index contributed by atoms with van der Waals surface area (Å²) in [5, 5.41) is 2.98. The van der Waals surface area contributed by atoms with Crippen molar-refractivity contribution in [2.45, 2.75) is 45.6 Å². The maximum Gasteiger partial charge on any atom is 0.258 e. The number of anilines is 1. The highest BCUT2D eigenvalue weighted by molar-refractivity contribution is 6.04. The van der Waals surface area contributed by atoms with E-state index in [0.717, 1.165) is 25.0 Å². The van der Waals surface area contributed by atoms with E-state index < -0.39 is 0 Å². The standard InChI is InChI=1S/C28H31N5O5/c1-4-23(35)32-10-6-5-7-21(16-32)33-24-22(15-20(14-18(3)34)25-26(24)38-12-11-37-25)30-28(33)31-27(36)19-8-9-29-17(2)13-19/h4,8-9,13,15,21H,1,5-7,10-12,14,16H2,2-3H3,(H,30,31,36)/t21-/m1/s1. The van der Waals surface area contributed by atoms with Gasteiger partial charge in [0.1, 0.15) is 24.5 Å². The van der Waals surface area contributed by atoms with Gasteiger partial charge >= 0.3 is 0 Å². The second kappa shape index (κ2) is 10.6. The van der Waals surface area contributed by atoms with Crippen molar-refractivity contribution in [2.24, 2.45) is 0 Å². The van der Waals surface area contributed by atoms with Crippen molar-refractivity contribution in [3.63, 3.8) is 0 Å². The number of amides is 2. The van der Waals surface area contributed by atoms with E-state index >= 15 is 0 Å². The van der Waals surface area contributed by atoms with Crippen molar-refractivity contribution in [2.75, 3.05) is 31.6 Å². The van der Waals surface area contributed by atoms with Crippen molar-refractivity contribution in [1.82, 2.24) is 19.4 Å². The first-order chi connectivity index (χ1) is 18.4. The number of fused-ring (bicyclic) bond motifs is 3. The zero-order chi connectivity index (χ0) is 26.8. The molecule has 4 heterocycles. The highest BCUT2D eigenvalue weighted by Crippen LogP contribution is 2.44. The summed E-state index contributed by atoms with van der Waals surface area (Å²) in [5.41, 5.74) is 3.13. The average Bonchev–Trinajstić information content (AvgIpc) is 3.08. The van der Waals surface area contributed by atoms with E-state index in [-0.39, 0.29) is 30.1 Å². The van der Waals surface area contributed by atoms with Crippen molar-refractivity contribution >= 4 is 34.6 Å². The number of benzene rings is 1. The Morgan fingerprint density at radius 3 is 2.71 bits per heavy atom. The zero-order valence-corrected chi connectivity index (χ0v) is 21.7. The van der Waals surface area contributed by atoms with Gasteiger partial charge in [-0.1, -0.05) is 6.58 Å². The van der Waals surface area contributed by atoms with E-state index in [9.17, 15) is 14.4 Å². The molecule has 38 heavy (non-hydrogen) atoms. The molecule has 0 radical (unpaired) electrons. The third-order valence-corrected chi connectivity index (χ3v) is 6.86. The normalized spacial score (nSPS) is 17.1. The third-order valence-electron chi connectivity index (χ3n) is 6.86. The molecule has 198 valence electrons. The van der Waals surface area contributed by atoms with Gasteiger partial charge < -0.3 is 18.9 Å². The molecule has 10 heteroatoms. The van der Waals surface area contributed by atoms with Crippen LogP contribution in [-0.2, 0) is 16.0 Å². The molecule has 5 rings (SSSR count). The number of likely N-dealkylation sites (tertiary alicyclic amines) is 1. The maximum atomic E-state index is 13.3. The van der Waals surface area contributed by atoms with Crippen LogP contribution >= 0.6 is 0 Å². The molecule has 10 nitrogen and oxygen atoms in total. The molecule has 0 saturated carbocycles. The van der Waals surface area contributed by atoms with Gasteiger partial charge in [0.2, 0.25) is 11.9 Å². The number of ketones is 1. The Labute approximate surface area is 220 Å². The van der Waals surface area contributed by atoms with Gasteiger partial charge in [0.25, 0.3) is 5.91 Å². The Kier molecular flexibility index (Phi) is 7.13.